The van der Waals surface area contributed by atoms with Crippen LogP contribution in [0.3, 0.4) is 0 Å². The molecule has 0 unspecified atom stereocenters. The summed E-state index contributed by atoms with van der Waals surface area (Å²) in [6.07, 6.45) is 0.649. The summed E-state index contributed by atoms with van der Waals surface area (Å²) in [5.41, 5.74) is 6.69. The molecule has 80 valence electrons. The Bertz CT molecular complexity index is 368. The van der Waals surface area contributed by atoms with E-state index in [1.807, 2.05) is 25.1 Å². The highest BCUT2D eigenvalue weighted by molar-refractivity contribution is 5.90. The smallest absolute Gasteiger partial charge is 0.340 e. The number of allylic oxidation sites excluding steroid dienone is 1. The van der Waals surface area contributed by atoms with E-state index in [1.165, 1.54) is 0 Å². The van der Waals surface area contributed by atoms with Gasteiger partial charge in [-0.3, -0.25) is 0 Å². The van der Waals surface area contributed by atoms with Gasteiger partial charge >= 0.3 is 5.97 Å². The molecule has 15 heavy (non-hydrogen) atoms. The number of hydrogen-bond acceptors (Lipinski definition) is 3. The van der Waals surface area contributed by atoms with Gasteiger partial charge in [0.2, 0.25) is 0 Å². The van der Waals surface area contributed by atoms with Crippen LogP contribution in [0.2, 0.25) is 0 Å². The van der Waals surface area contributed by atoms with Gasteiger partial charge in [-0.25, -0.2) is 4.79 Å². The molecule has 0 amide bonds. The minimum absolute atomic E-state index is 0.388. The van der Waals surface area contributed by atoms with E-state index in [0.29, 0.717) is 23.4 Å². The zero-order valence-corrected chi connectivity index (χ0v) is 8.99. The van der Waals surface area contributed by atoms with Gasteiger partial charge in [0.15, 0.2) is 0 Å². The Labute approximate surface area is 89.5 Å². The Kier molecular flexibility index (Phi) is 3.92. The molecule has 1 aromatic carbocycles. The van der Waals surface area contributed by atoms with Gasteiger partial charge < -0.3 is 10.5 Å². The maximum atomic E-state index is 11.6. The average Bonchev–Trinajstić information content (AvgIpc) is 2.28. The molecule has 0 spiro atoms. The zero-order chi connectivity index (χ0) is 11.3. The van der Waals surface area contributed by atoms with Crippen molar-refractivity contribution in [3.8, 4) is 5.75 Å². The molecule has 3 nitrogen and oxygen atoms in total. The summed E-state index contributed by atoms with van der Waals surface area (Å²) >= 11 is 0. The second kappa shape index (κ2) is 5.20. The molecule has 0 bridgehead atoms. The van der Waals surface area contributed by atoms with E-state index in [4.69, 9.17) is 10.5 Å². The minimum atomic E-state index is -0.388. The Balaban J connectivity index is 2.73. The Morgan fingerprint density at radius 1 is 1.33 bits per heavy atom. The van der Waals surface area contributed by atoms with Crippen LogP contribution in [0.25, 0.3) is 0 Å². The number of carbonyl (C=O) groups excluding carboxylic acids is 1. The van der Waals surface area contributed by atoms with Crippen LogP contribution in [-0.4, -0.2) is 5.97 Å². The van der Waals surface area contributed by atoms with Crippen LogP contribution >= 0.6 is 0 Å². The summed E-state index contributed by atoms with van der Waals surface area (Å²) < 4.78 is 5.12. The number of hydrogen-bond donors (Lipinski definition) is 1. The summed E-state index contributed by atoms with van der Waals surface area (Å²) in [6, 6.07) is 8.94. The second-order valence-corrected chi connectivity index (χ2v) is 3.21. The minimum Gasteiger partial charge on any atom is -0.423 e. The van der Waals surface area contributed by atoms with E-state index >= 15 is 0 Å². The van der Waals surface area contributed by atoms with E-state index in [9.17, 15) is 4.79 Å². The van der Waals surface area contributed by atoms with Gasteiger partial charge in [-0.2, -0.15) is 0 Å². The molecule has 0 saturated carbocycles. The van der Waals surface area contributed by atoms with E-state index in [2.05, 4.69) is 0 Å². The van der Waals surface area contributed by atoms with Gasteiger partial charge in [0.05, 0.1) is 5.57 Å². The third kappa shape index (κ3) is 3.13. The summed E-state index contributed by atoms with van der Waals surface area (Å²) in [7, 11) is 0. The molecule has 0 aromatic heterocycles. The first-order chi connectivity index (χ1) is 7.15. The highest BCUT2D eigenvalue weighted by Crippen LogP contribution is 2.12. The largest absolute Gasteiger partial charge is 0.423 e. The van der Waals surface area contributed by atoms with Gasteiger partial charge in [0, 0.05) is 5.70 Å². The zero-order valence-electron chi connectivity index (χ0n) is 8.99. The molecule has 0 radical (unpaired) electrons. The third-order valence-electron chi connectivity index (χ3n) is 2.12. The number of esters is 1. The van der Waals surface area contributed by atoms with E-state index in [-0.39, 0.29) is 5.97 Å². The number of nitrogens with two attached hydrogens (primary N) is 1. The van der Waals surface area contributed by atoms with Gasteiger partial charge in [-0.05, 0) is 25.5 Å². The highest BCUT2D eigenvalue weighted by Gasteiger charge is 2.09. The number of rotatable bonds is 3. The van der Waals surface area contributed by atoms with Crippen molar-refractivity contribution in [2.75, 3.05) is 0 Å². The lowest BCUT2D eigenvalue weighted by molar-refractivity contribution is -0.130. The average molecular weight is 205 g/mol. The fourth-order valence-electron chi connectivity index (χ4n) is 1.07. The van der Waals surface area contributed by atoms with Crippen molar-refractivity contribution in [2.24, 2.45) is 5.73 Å². The summed E-state index contributed by atoms with van der Waals surface area (Å²) in [4.78, 5) is 11.6. The van der Waals surface area contributed by atoms with Crippen molar-refractivity contribution < 1.29 is 9.53 Å². The van der Waals surface area contributed by atoms with Crippen LogP contribution in [0.5, 0.6) is 5.75 Å². The molecule has 0 aliphatic rings. The Morgan fingerprint density at radius 2 is 1.93 bits per heavy atom. The molecular weight excluding hydrogens is 190 g/mol. The van der Waals surface area contributed by atoms with Crippen molar-refractivity contribution in [2.45, 2.75) is 20.3 Å². The Hall–Kier alpha value is -1.77. The summed E-state index contributed by atoms with van der Waals surface area (Å²) in [5.74, 6) is 0.145. The number of benzene rings is 1. The van der Waals surface area contributed by atoms with Gasteiger partial charge in [-0.15, -0.1) is 0 Å². The first-order valence-corrected chi connectivity index (χ1v) is 4.87. The van der Waals surface area contributed by atoms with Gasteiger partial charge in [0.25, 0.3) is 0 Å². The van der Waals surface area contributed by atoms with Gasteiger partial charge in [-0.1, -0.05) is 25.1 Å². The maximum Gasteiger partial charge on any atom is 0.340 e. The van der Waals surface area contributed by atoms with Gasteiger partial charge in [0.1, 0.15) is 5.75 Å². The van der Waals surface area contributed by atoms with Crippen molar-refractivity contribution in [3.63, 3.8) is 0 Å². The van der Waals surface area contributed by atoms with Crippen LogP contribution in [0, 0.1) is 0 Å². The van der Waals surface area contributed by atoms with Crippen molar-refractivity contribution in [1.29, 1.82) is 0 Å². The predicted molar refractivity (Wildman–Crippen MR) is 59.3 cm³/mol. The monoisotopic (exact) mass is 205 g/mol. The standard InChI is InChI=1S/C12H15NO2/c1-3-11(13)9(2)12(14)15-10-7-5-4-6-8-10/h4-8H,3,13H2,1-2H3. The van der Waals surface area contributed by atoms with Crippen LogP contribution in [0.1, 0.15) is 20.3 Å². The molecule has 0 aliphatic heterocycles. The fraction of sp³-hybridized carbons (Fsp3) is 0.250. The SMILES string of the molecule is CCC(N)=C(C)C(=O)Oc1ccccc1. The second-order valence-electron chi connectivity index (χ2n) is 3.21. The molecule has 0 fully saturated rings. The number of para-hydroxylation sites is 1. The molecular formula is C12H15NO2. The lowest BCUT2D eigenvalue weighted by atomic mass is 10.2. The first-order valence-electron chi connectivity index (χ1n) is 4.87. The van der Waals surface area contributed by atoms with Crippen LogP contribution < -0.4 is 10.5 Å². The molecule has 1 rings (SSSR count). The lowest BCUT2D eigenvalue weighted by Gasteiger charge is -2.06. The van der Waals surface area contributed by atoms with Crippen molar-refractivity contribution in [3.05, 3.63) is 41.6 Å². The van der Waals surface area contributed by atoms with Crippen LogP contribution in [0.15, 0.2) is 41.6 Å². The maximum absolute atomic E-state index is 11.6. The number of carbonyl (C=O) groups is 1. The normalized spacial score (nSPS) is 11.9. The molecule has 0 heterocycles. The summed E-state index contributed by atoms with van der Waals surface area (Å²) in [5, 5.41) is 0. The van der Waals surface area contributed by atoms with Crippen LogP contribution in [-0.2, 0) is 4.79 Å². The Morgan fingerprint density at radius 3 is 2.47 bits per heavy atom. The third-order valence-corrected chi connectivity index (χ3v) is 2.12. The van der Waals surface area contributed by atoms with E-state index < -0.39 is 0 Å². The fourth-order valence-corrected chi connectivity index (χ4v) is 1.07. The summed E-state index contributed by atoms with van der Waals surface area (Å²) in [6.45, 7) is 3.57. The predicted octanol–water partition coefficient (Wildman–Crippen LogP) is 2.23. The molecule has 0 aliphatic carbocycles. The number of ether oxygens (including phenoxy) is 1. The highest BCUT2D eigenvalue weighted by atomic mass is 16.5. The van der Waals surface area contributed by atoms with E-state index in [0.717, 1.165) is 0 Å². The van der Waals surface area contributed by atoms with Crippen LogP contribution in [0.4, 0.5) is 0 Å². The quantitative estimate of drug-likeness (QED) is 0.467. The van der Waals surface area contributed by atoms with Crippen molar-refractivity contribution in [1.82, 2.24) is 0 Å². The molecule has 0 atom stereocenters. The van der Waals surface area contributed by atoms with E-state index in [1.54, 1.807) is 19.1 Å². The molecule has 0 saturated heterocycles. The van der Waals surface area contributed by atoms with Crippen molar-refractivity contribution >= 4 is 5.97 Å². The molecule has 1 aromatic rings. The molecule has 3 heteroatoms. The topological polar surface area (TPSA) is 52.3 Å². The molecule has 2 N–H and O–H groups in total. The lowest BCUT2D eigenvalue weighted by Crippen LogP contribution is -2.14. The first kappa shape index (κ1) is 11.3.